The Morgan fingerprint density at radius 1 is 0.875 bits per heavy atom. The SMILES string of the molecule is C[C@H]1[C@@H](CN2CCN(c3ncccn3)CC2)O[C@@H](c2ccc(NC(=O)NC34CC5CC(CC(C5)C3)C4)cc2)O[C@H]1c1ccc(CO)cc1. The number of nitrogens with zero attached hydrogens (tertiary/aromatic N) is 4. The number of amides is 2. The Morgan fingerprint density at radius 3 is 2.12 bits per heavy atom. The molecule has 1 aromatic heterocycles. The number of carbonyl (C=O) groups is 1. The van der Waals surface area contributed by atoms with Crippen LogP contribution in [0.25, 0.3) is 0 Å². The molecule has 4 atom stereocenters. The van der Waals surface area contributed by atoms with Crippen LogP contribution in [0.15, 0.2) is 67.0 Å². The first kappa shape index (κ1) is 31.7. The summed E-state index contributed by atoms with van der Waals surface area (Å²) in [6, 6.07) is 17.7. The largest absolute Gasteiger partial charge is 0.392 e. The number of hydrogen-bond donors (Lipinski definition) is 3. The highest BCUT2D eigenvalue weighted by Gasteiger charge is 2.51. The van der Waals surface area contributed by atoms with Crippen molar-refractivity contribution in [2.24, 2.45) is 23.7 Å². The molecule has 4 saturated carbocycles. The maximum Gasteiger partial charge on any atom is 0.319 e. The van der Waals surface area contributed by atoms with E-state index < -0.39 is 6.29 Å². The molecule has 4 bridgehead atoms. The van der Waals surface area contributed by atoms with Gasteiger partial charge in [-0.15, -0.1) is 0 Å². The summed E-state index contributed by atoms with van der Waals surface area (Å²) in [5.74, 6) is 3.22. The quantitative estimate of drug-likeness (QED) is 0.286. The first-order valence-corrected chi connectivity index (χ1v) is 17.9. The van der Waals surface area contributed by atoms with Crippen LogP contribution in [0.2, 0.25) is 0 Å². The highest BCUT2D eigenvalue weighted by atomic mass is 16.7. The zero-order chi connectivity index (χ0) is 32.7. The highest BCUT2D eigenvalue weighted by molar-refractivity contribution is 5.89. The lowest BCUT2D eigenvalue weighted by molar-refractivity contribution is -0.276. The van der Waals surface area contributed by atoms with Crippen molar-refractivity contribution in [3.05, 3.63) is 83.7 Å². The van der Waals surface area contributed by atoms with Crippen LogP contribution >= 0.6 is 0 Å². The van der Waals surface area contributed by atoms with Gasteiger partial charge in [-0.1, -0.05) is 43.3 Å². The zero-order valence-electron chi connectivity index (χ0n) is 27.8. The molecule has 254 valence electrons. The minimum Gasteiger partial charge on any atom is -0.392 e. The van der Waals surface area contributed by atoms with Crippen molar-refractivity contribution in [1.82, 2.24) is 20.2 Å². The molecule has 3 N–H and O–H groups in total. The van der Waals surface area contributed by atoms with E-state index in [2.05, 4.69) is 49.5 Å². The van der Waals surface area contributed by atoms with Crippen LogP contribution in [0.3, 0.4) is 0 Å². The van der Waals surface area contributed by atoms with E-state index in [9.17, 15) is 9.90 Å². The van der Waals surface area contributed by atoms with Crippen molar-refractivity contribution in [2.45, 2.75) is 76.1 Å². The summed E-state index contributed by atoms with van der Waals surface area (Å²) in [4.78, 5) is 26.8. The summed E-state index contributed by atoms with van der Waals surface area (Å²) in [6.45, 7) is 6.53. The van der Waals surface area contributed by atoms with E-state index in [0.717, 1.165) is 98.1 Å². The second kappa shape index (κ2) is 13.4. The second-order valence-electron chi connectivity index (χ2n) is 15.1. The molecule has 0 unspecified atom stereocenters. The standard InChI is InChI=1S/C38H48N6O4/c1-25-33(23-43-13-15-44(16-14-43)36-39-11-2-12-40-36)47-35(48-34(25)30-5-3-26(24-45)4-6-30)31-7-9-32(10-8-31)41-37(46)42-38-20-27-17-28(21-38)19-29(18-27)22-38/h2-12,25,27-29,33-35,45H,13-24H2,1H3,(H2,41,42,46)/t25-,27?,28?,29?,33+,34+,35+,38?/m0/s1. The smallest absolute Gasteiger partial charge is 0.319 e. The molecular formula is C38H48N6O4. The normalized spacial score (nSPS) is 33.0. The number of hydrogen-bond acceptors (Lipinski definition) is 8. The topological polar surface area (TPSA) is 112 Å². The van der Waals surface area contributed by atoms with Crippen LogP contribution in [0, 0.1) is 23.7 Å². The predicted octanol–water partition coefficient (Wildman–Crippen LogP) is 5.67. The number of ether oxygens (including phenoxy) is 2. The van der Waals surface area contributed by atoms with Gasteiger partial charge in [-0.25, -0.2) is 14.8 Å². The van der Waals surface area contributed by atoms with Gasteiger partial charge >= 0.3 is 6.03 Å². The lowest BCUT2D eigenvalue weighted by atomic mass is 9.53. The van der Waals surface area contributed by atoms with Crippen LogP contribution in [-0.2, 0) is 16.1 Å². The maximum absolute atomic E-state index is 13.2. The number of aromatic nitrogens is 2. The van der Waals surface area contributed by atoms with Crippen molar-refractivity contribution >= 4 is 17.7 Å². The van der Waals surface area contributed by atoms with E-state index in [1.54, 1.807) is 12.4 Å². The molecule has 3 heterocycles. The number of aliphatic hydroxyl groups excluding tert-OH is 1. The number of carbonyl (C=O) groups excluding carboxylic acids is 1. The number of rotatable bonds is 8. The van der Waals surface area contributed by atoms with Crippen molar-refractivity contribution in [1.29, 1.82) is 0 Å². The molecule has 48 heavy (non-hydrogen) atoms. The highest BCUT2D eigenvalue weighted by Crippen LogP contribution is 2.55. The average Bonchev–Trinajstić information content (AvgIpc) is 3.09. The van der Waals surface area contributed by atoms with Crippen LogP contribution in [-0.4, -0.2) is 70.4 Å². The third-order valence-corrected chi connectivity index (χ3v) is 11.6. The van der Waals surface area contributed by atoms with E-state index in [1.807, 2.05) is 42.5 Å². The number of piperazine rings is 1. The number of urea groups is 1. The van der Waals surface area contributed by atoms with E-state index in [1.165, 1.54) is 19.3 Å². The molecule has 3 aromatic rings. The Kier molecular flexibility index (Phi) is 8.83. The number of aliphatic hydroxyl groups is 1. The Bertz CT molecular complexity index is 1510. The molecule has 6 fully saturated rings. The van der Waals surface area contributed by atoms with Gasteiger partial charge < -0.3 is 30.1 Å². The van der Waals surface area contributed by atoms with Gasteiger partial charge in [0, 0.05) is 67.8 Å². The van der Waals surface area contributed by atoms with E-state index in [4.69, 9.17) is 9.47 Å². The fourth-order valence-corrected chi connectivity index (χ4v) is 9.56. The first-order chi connectivity index (χ1) is 23.4. The fourth-order valence-electron chi connectivity index (χ4n) is 9.56. The van der Waals surface area contributed by atoms with Crippen LogP contribution in [0.4, 0.5) is 16.4 Å². The van der Waals surface area contributed by atoms with Gasteiger partial charge in [0.2, 0.25) is 5.95 Å². The van der Waals surface area contributed by atoms with Crippen molar-refractivity contribution < 1.29 is 19.4 Å². The summed E-state index contributed by atoms with van der Waals surface area (Å²) < 4.78 is 13.4. The zero-order valence-corrected chi connectivity index (χ0v) is 27.8. The molecule has 2 saturated heterocycles. The molecule has 2 amide bonds. The van der Waals surface area contributed by atoms with E-state index >= 15 is 0 Å². The fraction of sp³-hybridized carbons (Fsp3) is 0.553. The molecule has 4 aliphatic carbocycles. The minimum absolute atomic E-state index is 0.0106. The van der Waals surface area contributed by atoms with Gasteiger partial charge in [0.25, 0.3) is 0 Å². The van der Waals surface area contributed by atoms with Crippen molar-refractivity contribution in [2.75, 3.05) is 42.9 Å². The third kappa shape index (κ3) is 6.68. The molecule has 0 radical (unpaired) electrons. The predicted molar refractivity (Wildman–Crippen MR) is 183 cm³/mol. The van der Waals surface area contributed by atoms with Gasteiger partial charge in [-0.2, -0.15) is 0 Å². The van der Waals surface area contributed by atoms with Crippen molar-refractivity contribution in [3.8, 4) is 0 Å². The molecule has 9 rings (SSSR count). The average molecular weight is 653 g/mol. The lowest BCUT2D eigenvalue weighted by Crippen LogP contribution is -2.60. The Morgan fingerprint density at radius 2 is 1.50 bits per heavy atom. The Balaban J connectivity index is 0.940. The molecular weight excluding hydrogens is 604 g/mol. The van der Waals surface area contributed by atoms with Gasteiger partial charge in [0.1, 0.15) is 0 Å². The summed E-state index contributed by atoms with van der Waals surface area (Å²) in [7, 11) is 0. The summed E-state index contributed by atoms with van der Waals surface area (Å²) in [6.07, 6.45) is 10.2. The minimum atomic E-state index is -0.553. The molecule has 2 aliphatic heterocycles. The molecule has 10 nitrogen and oxygen atoms in total. The Labute approximate surface area is 283 Å². The molecule has 2 aromatic carbocycles. The molecule has 0 spiro atoms. The Hall–Kier alpha value is -3.57. The number of anilines is 2. The van der Waals surface area contributed by atoms with E-state index in [-0.39, 0.29) is 36.3 Å². The van der Waals surface area contributed by atoms with E-state index in [0.29, 0.717) is 0 Å². The number of nitrogens with one attached hydrogen (secondary N) is 2. The van der Waals surface area contributed by atoms with Gasteiger partial charge in [0.05, 0.1) is 18.8 Å². The monoisotopic (exact) mass is 652 g/mol. The third-order valence-electron chi connectivity index (χ3n) is 11.6. The summed E-state index contributed by atoms with van der Waals surface area (Å²) in [5, 5.41) is 16.1. The van der Waals surface area contributed by atoms with Crippen LogP contribution in [0.1, 0.15) is 74.5 Å². The summed E-state index contributed by atoms with van der Waals surface area (Å²) >= 11 is 0. The maximum atomic E-state index is 13.2. The van der Waals surface area contributed by atoms with Gasteiger partial charge in [-0.05, 0) is 85.6 Å². The first-order valence-electron chi connectivity index (χ1n) is 17.9. The molecule has 10 heteroatoms. The van der Waals surface area contributed by atoms with Gasteiger partial charge in [0.15, 0.2) is 6.29 Å². The molecule has 6 aliphatic rings. The number of benzene rings is 2. The second-order valence-corrected chi connectivity index (χ2v) is 15.1. The van der Waals surface area contributed by atoms with Crippen molar-refractivity contribution in [3.63, 3.8) is 0 Å². The van der Waals surface area contributed by atoms with Gasteiger partial charge in [-0.3, -0.25) is 4.90 Å². The van der Waals surface area contributed by atoms with Crippen LogP contribution in [0.5, 0.6) is 0 Å². The van der Waals surface area contributed by atoms with Crippen LogP contribution < -0.4 is 15.5 Å². The summed E-state index contributed by atoms with van der Waals surface area (Å²) in [5.41, 5.74) is 3.60. The lowest BCUT2D eigenvalue weighted by Gasteiger charge is -2.56.